The van der Waals surface area contributed by atoms with Crippen LogP contribution in [0.25, 0.3) is 5.57 Å². The van der Waals surface area contributed by atoms with Gasteiger partial charge in [0.05, 0.1) is 16.8 Å². The quantitative estimate of drug-likeness (QED) is 0.485. The van der Waals surface area contributed by atoms with E-state index in [1.165, 1.54) is 16.7 Å². The van der Waals surface area contributed by atoms with Gasteiger partial charge < -0.3 is 0 Å². The SMILES string of the molecule is O=C(N/N=C\C1=C(c2ccccc2)[C@@H]2C=C[C@@H]1C2)c1ccccc1Cl. The zero-order valence-corrected chi connectivity index (χ0v) is 14.3. The van der Waals surface area contributed by atoms with Crippen molar-refractivity contribution < 1.29 is 4.79 Å². The van der Waals surface area contributed by atoms with Crippen molar-refractivity contribution in [1.29, 1.82) is 0 Å². The summed E-state index contributed by atoms with van der Waals surface area (Å²) in [6, 6.07) is 17.3. The minimum atomic E-state index is -0.303. The number of nitrogens with zero attached hydrogens (tertiary/aromatic N) is 1. The normalized spacial score (nSPS) is 21.3. The molecule has 4 rings (SSSR count). The molecule has 4 heteroatoms. The van der Waals surface area contributed by atoms with Crippen molar-refractivity contribution in [2.24, 2.45) is 16.9 Å². The summed E-state index contributed by atoms with van der Waals surface area (Å²) in [5.41, 5.74) is 6.72. The topological polar surface area (TPSA) is 41.5 Å². The summed E-state index contributed by atoms with van der Waals surface area (Å²) < 4.78 is 0. The Morgan fingerprint density at radius 3 is 2.56 bits per heavy atom. The van der Waals surface area contributed by atoms with E-state index in [2.05, 4.69) is 34.8 Å². The van der Waals surface area contributed by atoms with Crippen LogP contribution in [0.5, 0.6) is 0 Å². The molecular weight excluding hydrogens is 332 g/mol. The second-order valence-corrected chi connectivity index (χ2v) is 6.65. The zero-order chi connectivity index (χ0) is 17.2. The van der Waals surface area contributed by atoms with E-state index >= 15 is 0 Å². The summed E-state index contributed by atoms with van der Waals surface area (Å²) in [7, 11) is 0. The molecule has 0 fully saturated rings. The molecule has 3 nitrogen and oxygen atoms in total. The second-order valence-electron chi connectivity index (χ2n) is 6.25. The fourth-order valence-electron chi connectivity index (χ4n) is 3.59. The van der Waals surface area contributed by atoms with Crippen LogP contribution in [0.15, 0.2) is 77.4 Å². The number of rotatable bonds is 4. The number of allylic oxidation sites excluding steroid dienone is 4. The van der Waals surface area contributed by atoms with Crippen LogP contribution in [-0.4, -0.2) is 12.1 Å². The van der Waals surface area contributed by atoms with Crippen LogP contribution in [0.4, 0.5) is 0 Å². The van der Waals surface area contributed by atoms with E-state index < -0.39 is 0 Å². The highest BCUT2D eigenvalue weighted by Gasteiger charge is 2.34. The fourth-order valence-corrected chi connectivity index (χ4v) is 3.81. The lowest BCUT2D eigenvalue weighted by atomic mass is 9.92. The van der Waals surface area contributed by atoms with Gasteiger partial charge >= 0.3 is 0 Å². The van der Waals surface area contributed by atoms with E-state index in [0.29, 0.717) is 22.4 Å². The van der Waals surface area contributed by atoms with Gasteiger partial charge in [-0.05, 0) is 35.3 Å². The summed E-state index contributed by atoms with van der Waals surface area (Å²) in [5, 5.41) is 4.61. The zero-order valence-electron chi connectivity index (χ0n) is 13.5. The van der Waals surface area contributed by atoms with Crippen molar-refractivity contribution in [1.82, 2.24) is 5.43 Å². The lowest BCUT2D eigenvalue weighted by Crippen LogP contribution is -2.18. The average Bonchev–Trinajstić information content (AvgIpc) is 3.24. The number of nitrogens with one attached hydrogen (secondary N) is 1. The first-order valence-electron chi connectivity index (χ1n) is 8.30. The number of halogens is 1. The number of benzene rings is 2. The highest BCUT2D eigenvalue weighted by atomic mass is 35.5. The van der Waals surface area contributed by atoms with Crippen molar-refractivity contribution in [3.8, 4) is 0 Å². The molecule has 0 heterocycles. The first-order valence-corrected chi connectivity index (χ1v) is 8.67. The molecule has 124 valence electrons. The Morgan fingerprint density at radius 2 is 1.76 bits per heavy atom. The molecule has 2 atom stereocenters. The molecular formula is C21H17ClN2O. The van der Waals surface area contributed by atoms with E-state index in [4.69, 9.17) is 11.6 Å². The van der Waals surface area contributed by atoms with Gasteiger partial charge in [0.25, 0.3) is 5.91 Å². The summed E-state index contributed by atoms with van der Waals surface area (Å²) in [4.78, 5) is 12.2. The van der Waals surface area contributed by atoms with Gasteiger partial charge in [0.15, 0.2) is 0 Å². The van der Waals surface area contributed by atoms with Crippen LogP contribution >= 0.6 is 11.6 Å². The first-order chi connectivity index (χ1) is 12.2. The third-order valence-electron chi connectivity index (χ3n) is 4.74. The van der Waals surface area contributed by atoms with Gasteiger partial charge in [-0.1, -0.05) is 66.2 Å². The third-order valence-corrected chi connectivity index (χ3v) is 5.07. The smallest absolute Gasteiger partial charge is 0.267 e. The Kier molecular flexibility index (Phi) is 4.24. The molecule has 0 unspecified atom stereocenters. The maximum atomic E-state index is 12.2. The number of hydrogen-bond donors (Lipinski definition) is 1. The van der Waals surface area contributed by atoms with E-state index in [0.717, 1.165) is 6.42 Å². The molecule has 0 saturated heterocycles. The van der Waals surface area contributed by atoms with Gasteiger partial charge in [-0.2, -0.15) is 5.10 Å². The Balaban J connectivity index is 1.56. The predicted octanol–water partition coefficient (Wildman–Crippen LogP) is 4.72. The Labute approximate surface area is 151 Å². The summed E-state index contributed by atoms with van der Waals surface area (Å²) in [6.07, 6.45) is 7.37. The van der Waals surface area contributed by atoms with Gasteiger partial charge in [-0.3, -0.25) is 4.79 Å². The van der Waals surface area contributed by atoms with Gasteiger partial charge in [0, 0.05) is 11.8 Å². The van der Waals surface area contributed by atoms with Gasteiger partial charge in [0.2, 0.25) is 0 Å². The number of carbonyl (C=O) groups excluding carboxylic acids is 1. The van der Waals surface area contributed by atoms with Crippen molar-refractivity contribution in [2.75, 3.05) is 0 Å². The molecule has 0 aromatic heterocycles. The minimum absolute atomic E-state index is 0.303. The fraction of sp³-hybridized carbons (Fsp3) is 0.143. The van der Waals surface area contributed by atoms with Crippen LogP contribution < -0.4 is 5.43 Å². The summed E-state index contributed by atoms with van der Waals surface area (Å²) >= 11 is 6.05. The molecule has 2 aliphatic rings. The molecule has 0 radical (unpaired) electrons. The molecule has 0 aliphatic heterocycles. The lowest BCUT2D eigenvalue weighted by molar-refractivity contribution is 0.0955. The first kappa shape index (κ1) is 15.9. The van der Waals surface area contributed by atoms with Crippen molar-refractivity contribution in [3.63, 3.8) is 0 Å². The molecule has 2 bridgehead atoms. The van der Waals surface area contributed by atoms with Crippen LogP contribution in [-0.2, 0) is 0 Å². The van der Waals surface area contributed by atoms with Crippen LogP contribution in [0.3, 0.4) is 0 Å². The van der Waals surface area contributed by atoms with Crippen molar-refractivity contribution >= 4 is 29.3 Å². The second kappa shape index (κ2) is 6.69. The van der Waals surface area contributed by atoms with Crippen molar-refractivity contribution in [3.05, 3.63) is 88.5 Å². The Morgan fingerprint density at radius 1 is 1.04 bits per heavy atom. The summed E-state index contributed by atoms with van der Waals surface area (Å²) in [5.74, 6) is 0.511. The molecule has 25 heavy (non-hydrogen) atoms. The molecule has 2 aromatic carbocycles. The Bertz CT molecular complexity index is 899. The average molecular weight is 349 g/mol. The maximum Gasteiger partial charge on any atom is 0.272 e. The predicted molar refractivity (Wildman–Crippen MR) is 102 cm³/mol. The maximum absolute atomic E-state index is 12.2. The highest BCUT2D eigenvalue weighted by molar-refractivity contribution is 6.33. The molecule has 1 N–H and O–H groups in total. The number of hydrazone groups is 1. The number of hydrogen-bond acceptors (Lipinski definition) is 2. The van der Waals surface area contributed by atoms with Gasteiger partial charge in [-0.15, -0.1) is 0 Å². The minimum Gasteiger partial charge on any atom is -0.267 e. The Hall–Kier alpha value is -2.65. The number of carbonyl (C=O) groups is 1. The molecule has 1 amide bonds. The van der Waals surface area contributed by atoms with Crippen LogP contribution in [0.1, 0.15) is 22.3 Å². The monoisotopic (exact) mass is 348 g/mol. The lowest BCUT2D eigenvalue weighted by Gasteiger charge is -2.13. The van der Waals surface area contributed by atoms with E-state index in [1.807, 2.05) is 18.2 Å². The van der Waals surface area contributed by atoms with Gasteiger partial charge in [0.1, 0.15) is 0 Å². The third kappa shape index (κ3) is 3.03. The molecule has 2 aromatic rings. The van der Waals surface area contributed by atoms with Crippen LogP contribution in [0.2, 0.25) is 5.02 Å². The molecule has 2 aliphatic carbocycles. The standard InChI is InChI=1S/C21H17ClN2O/c22-19-9-5-4-8-17(19)21(25)24-23-13-18-15-10-11-16(12-15)20(18)14-6-2-1-3-7-14/h1-11,13,15-16H,12H2,(H,24,25)/b23-13-/t15-,16-/m1/s1. The highest BCUT2D eigenvalue weighted by Crippen LogP contribution is 2.47. The molecule has 0 saturated carbocycles. The van der Waals surface area contributed by atoms with E-state index in [-0.39, 0.29) is 5.91 Å². The van der Waals surface area contributed by atoms with E-state index in [1.54, 1.807) is 30.5 Å². The molecule has 0 spiro atoms. The number of amides is 1. The van der Waals surface area contributed by atoms with E-state index in [9.17, 15) is 4.79 Å². The van der Waals surface area contributed by atoms with Crippen molar-refractivity contribution in [2.45, 2.75) is 6.42 Å². The van der Waals surface area contributed by atoms with Gasteiger partial charge in [-0.25, -0.2) is 5.43 Å². The number of fused-ring (bicyclic) bond motifs is 2. The summed E-state index contributed by atoms with van der Waals surface area (Å²) in [6.45, 7) is 0. The van der Waals surface area contributed by atoms with Crippen LogP contribution in [0, 0.1) is 11.8 Å². The largest absolute Gasteiger partial charge is 0.272 e.